The molecule has 0 bridgehead atoms. The molecule has 0 heterocycles. The van der Waals surface area contributed by atoms with Gasteiger partial charge in [0.15, 0.2) is 0 Å². The van der Waals surface area contributed by atoms with E-state index < -0.39 is 0 Å². The topological polar surface area (TPSA) is 0 Å². The molecular formula is C48H28. The second kappa shape index (κ2) is 9.64. The van der Waals surface area contributed by atoms with Crippen LogP contribution in [0.15, 0.2) is 170 Å². The molecule has 0 aliphatic heterocycles. The first-order valence-corrected chi connectivity index (χ1v) is 16.8. The van der Waals surface area contributed by atoms with E-state index in [0.29, 0.717) is 0 Å². The van der Waals surface area contributed by atoms with Gasteiger partial charge in [0.2, 0.25) is 0 Å². The third-order valence-corrected chi connectivity index (χ3v) is 10.7. The number of hydrogen-bond donors (Lipinski definition) is 0. The van der Waals surface area contributed by atoms with Crippen LogP contribution in [0.2, 0.25) is 0 Å². The van der Waals surface area contributed by atoms with Gasteiger partial charge >= 0.3 is 0 Å². The Kier molecular flexibility index (Phi) is 5.20. The van der Waals surface area contributed by atoms with Crippen molar-refractivity contribution in [2.75, 3.05) is 0 Å². The first kappa shape index (κ1) is 25.9. The van der Waals surface area contributed by atoms with Gasteiger partial charge in [-0.05, 0) is 121 Å². The van der Waals surface area contributed by atoms with Crippen LogP contribution >= 0.6 is 0 Å². The van der Waals surface area contributed by atoms with Crippen molar-refractivity contribution in [2.24, 2.45) is 0 Å². The molecule has 0 unspecified atom stereocenters. The lowest BCUT2D eigenvalue weighted by atomic mass is 9.83. The number of hydrogen-bond acceptors (Lipinski definition) is 0. The zero-order valence-electron chi connectivity index (χ0n) is 26.2. The van der Waals surface area contributed by atoms with Gasteiger partial charge in [-0.2, -0.15) is 0 Å². The summed E-state index contributed by atoms with van der Waals surface area (Å²) in [7, 11) is 0. The second-order valence-electron chi connectivity index (χ2n) is 13.2. The Morgan fingerprint density at radius 2 is 0.583 bits per heavy atom. The average Bonchev–Trinajstić information content (AvgIpc) is 3.15. The molecule has 0 heteroatoms. The lowest BCUT2D eigenvalue weighted by Gasteiger charge is -2.20. The van der Waals surface area contributed by atoms with Gasteiger partial charge in [0.25, 0.3) is 0 Å². The van der Waals surface area contributed by atoms with Gasteiger partial charge in [-0.25, -0.2) is 0 Å². The van der Waals surface area contributed by atoms with Gasteiger partial charge in [0.05, 0.1) is 0 Å². The fourth-order valence-corrected chi connectivity index (χ4v) is 8.78. The molecule has 0 N–H and O–H groups in total. The van der Waals surface area contributed by atoms with Crippen LogP contribution in [0.4, 0.5) is 0 Å². The maximum absolute atomic E-state index is 2.50. The van der Waals surface area contributed by atoms with Crippen molar-refractivity contribution in [3.8, 4) is 22.3 Å². The smallest absolute Gasteiger partial charge is 0.00199 e. The molecule has 0 aromatic heterocycles. The Labute approximate surface area is 277 Å². The fourth-order valence-electron chi connectivity index (χ4n) is 8.78. The normalized spacial score (nSPS) is 12.2. The minimum absolute atomic E-state index is 1.25. The van der Waals surface area contributed by atoms with E-state index in [1.54, 1.807) is 0 Å². The van der Waals surface area contributed by atoms with Crippen molar-refractivity contribution < 1.29 is 0 Å². The van der Waals surface area contributed by atoms with Crippen LogP contribution < -0.4 is 0 Å². The molecule has 0 nitrogen and oxygen atoms in total. The van der Waals surface area contributed by atoms with Crippen molar-refractivity contribution in [1.29, 1.82) is 0 Å². The average molecular weight is 605 g/mol. The third kappa shape index (κ3) is 3.44. The molecular weight excluding hydrogens is 577 g/mol. The summed E-state index contributed by atoms with van der Waals surface area (Å²) in [6.07, 6.45) is 0. The quantitative estimate of drug-likeness (QED) is 0.136. The highest BCUT2D eigenvalue weighted by atomic mass is 14.2. The Bertz CT molecular complexity index is 3030. The van der Waals surface area contributed by atoms with Crippen molar-refractivity contribution in [1.82, 2.24) is 0 Å². The summed E-state index contributed by atoms with van der Waals surface area (Å²) < 4.78 is 0. The van der Waals surface area contributed by atoms with Gasteiger partial charge in [-0.1, -0.05) is 158 Å². The molecule has 11 aromatic rings. The third-order valence-electron chi connectivity index (χ3n) is 10.7. The second-order valence-corrected chi connectivity index (χ2v) is 13.2. The standard InChI is InChI=1S/C48H28/c1-2-11-29(12-3-1)43-35-16-4-6-18-37(35)44(38-19-7-5-17-36(38)43)34-27-33-26-25-32-14-9-21-40-39-20-8-13-30-23-24-31-15-10-22-41(47(31)45(30)39)42(28-34)48(33)46(32)40/h1-28H. The van der Waals surface area contributed by atoms with E-state index in [4.69, 9.17) is 0 Å². The van der Waals surface area contributed by atoms with E-state index in [9.17, 15) is 0 Å². The van der Waals surface area contributed by atoms with E-state index in [2.05, 4.69) is 170 Å². The summed E-state index contributed by atoms with van der Waals surface area (Å²) in [5, 5.41) is 20.8. The van der Waals surface area contributed by atoms with Gasteiger partial charge in [0.1, 0.15) is 0 Å². The Balaban J connectivity index is 1.40. The van der Waals surface area contributed by atoms with Crippen molar-refractivity contribution in [3.63, 3.8) is 0 Å². The summed E-state index contributed by atoms with van der Waals surface area (Å²) in [6, 6.07) is 63.5. The molecule has 11 aromatic carbocycles. The lowest BCUT2D eigenvalue weighted by Crippen LogP contribution is -1.92. The molecule has 0 aliphatic rings. The van der Waals surface area contributed by atoms with E-state index >= 15 is 0 Å². The summed E-state index contributed by atoms with van der Waals surface area (Å²) in [5.41, 5.74) is 5.08. The van der Waals surface area contributed by atoms with Crippen LogP contribution in [-0.2, 0) is 0 Å². The molecule has 11 rings (SSSR count). The Morgan fingerprint density at radius 1 is 0.208 bits per heavy atom. The minimum atomic E-state index is 1.25. The largest absolute Gasteiger partial charge is 0.0622 e. The van der Waals surface area contributed by atoms with E-state index in [0.717, 1.165) is 0 Å². The molecule has 0 saturated carbocycles. The van der Waals surface area contributed by atoms with Gasteiger partial charge < -0.3 is 0 Å². The predicted octanol–water partition coefficient (Wildman–Crippen LogP) is 13.7. The highest BCUT2D eigenvalue weighted by Crippen LogP contribution is 2.48. The number of benzene rings is 10. The van der Waals surface area contributed by atoms with Gasteiger partial charge in [0, 0.05) is 0 Å². The first-order valence-electron chi connectivity index (χ1n) is 16.8. The summed E-state index contributed by atoms with van der Waals surface area (Å²) in [6.45, 7) is 0. The molecule has 48 heavy (non-hydrogen) atoms. The Morgan fingerprint density at radius 3 is 1.08 bits per heavy atom. The maximum atomic E-state index is 2.50. The van der Waals surface area contributed by atoms with Crippen LogP contribution in [0.25, 0.3) is 108 Å². The van der Waals surface area contributed by atoms with Crippen molar-refractivity contribution in [2.45, 2.75) is 0 Å². The summed E-state index contributed by atoms with van der Waals surface area (Å²) in [5.74, 6) is 0. The van der Waals surface area contributed by atoms with E-state index in [1.165, 1.54) is 108 Å². The molecule has 220 valence electrons. The number of fused-ring (bicyclic) bond motifs is 4. The predicted molar refractivity (Wildman–Crippen MR) is 209 cm³/mol. The van der Waals surface area contributed by atoms with Crippen LogP contribution in [0.3, 0.4) is 0 Å². The summed E-state index contributed by atoms with van der Waals surface area (Å²) >= 11 is 0. The van der Waals surface area contributed by atoms with Crippen LogP contribution in [-0.4, -0.2) is 0 Å². The molecule has 0 amide bonds. The molecule has 0 spiro atoms. The molecule has 0 aliphatic carbocycles. The zero-order valence-corrected chi connectivity index (χ0v) is 26.2. The highest BCUT2D eigenvalue weighted by Gasteiger charge is 2.20. The van der Waals surface area contributed by atoms with Gasteiger partial charge in [-0.3, -0.25) is 0 Å². The first-order chi connectivity index (χ1) is 23.8. The van der Waals surface area contributed by atoms with E-state index in [1.807, 2.05) is 0 Å². The van der Waals surface area contributed by atoms with E-state index in [-0.39, 0.29) is 0 Å². The van der Waals surface area contributed by atoms with Crippen LogP contribution in [0.5, 0.6) is 0 Å². The fraction of sp³-hybridized carbons (Fsp3) is 0. The monoisotopic (exact) mass is 604 g/mol. The number of rotatable bonds is 2. The zero-order chi connectivity index (χ0) is 31.3. The van der Waals surface area contributed by atoms with Crippen molar-refractivity contribution in [3.05, 3.63) is 170 Å². The van der Waals surface area contributed by atoms with Gasteiger partial charge in [-0.15, -0.1) is 0 Å². The maximum Gasteiger partial charge on any atom is -0.00199 e. The summed E-state index contributed by atoms with van der Waals surface area (Å²) in [4.78, 5) is 0. The Hall–Kier alpha value is -6.24. The highest BCUT2D eigenvalue weighted by molar-refractivity contribution is 6.37. The SMILES string of the molecule is c1ccc(-c2c3ccccc3c(-c3cc4ccc5cccc6c7cccc8ccc9cccc(c(c3)c4c56)c9c87)c3ccccc23)cc1. The lowest BCUT2D eigenvalue weighted by molar-refractivity contribution is 1.66. The molecule has 0 radical (unpaired) electrons. The van der Waals surface area contributed by atoms with Crippen molar-refractivity contribution >= 4 is 86.2 Å². The minimum Gasteiger partial charge on any atom is -0.0622 e. The molecule has 0 atom stereocenters. The van der Waals surface area contributed by atoms with Crippen LogP contribution in [0.1, 0.15) is 0 Å². The molecule has 0 saturated heterocycles. The van der Waals surface area contributed by atoms with Crippen LogP contribution in [0, 0.1) is 0 Å². The molecule has 0 fully saturated rings.